The molecule has 3 heteroatoms. The standard InChI is InChI=1S/C21H21F2N/c22-18-7-6-17(21(23)13-18)10-16-11-19-8-9-20(12-16)24(19)14-15-4-2-1-3-5-15/h1-7,11,13,19-20H,8-10,12,14H2. The maximum absolute atomic E-state index is 13.9. The summed E-state index contributed by atoms with van der Waals surface area (Å²) in [4.78, 5) is 2.57. The molecular weight excluding hydrogens is 304 g/mol. The van der Waals surface area contributed by atoms with Crippen LogP contribution in [0.5, 0.6) is 0 Å². The zero-order valence-electron chi connectivity index (χ0n) is 13.6. The summed E-state index contributed by atoms with van der Waals surface area (Å²) < 4.78 is 27.0. The van der Waals surface area contributed by atoms with E-state index in [-0.39, 0.29) is 0 Å². The van der Waals surface area contributed by atoms with Crippen LogP contribution in [0.4, 0.5) is 8.78 Å². The van der Waals surface area contributed by atoms with Gasteiger partial charge in [-0.05, 0) is 42.9 Å². The van der Waals surface area contributed by atoms with Gasteiger partial charge in [-0.15, -0.1) is 0 Å². The molecule has 2 atom stereocenters. The van der Waals surface area contributed by atoms with Crippen LogP contribution in [0.25, 0.3) is 0 Å². The van der Waals surface area contributed by atoms with Crippen molar-refractivity contribution in [3.05, 3.63) is 82.9 Å². The number of hydrogen-bond acceptors (Lipinski definition) is 1. The van der Waals surface area contributed by atoms with Gasteiger partial charge in [0.05, 0.1) is 0 Å². The molecule has 24 heavy (non-hydrogen) atoms. The quantitative estimate of drug-likeness (QED) is 0.725. The predicted octanol–water partition coefficient (Wildman–Crippen LogP) is 4.87. The first-order chi connectivity index (χ1) is 11.7. The number of rotatable bonds is 4. The van der Waals surface area contributed by atoms with Gasteiger partial charge in [0.1, 0.15) is 11.6 Å². The van der Waals surface area contributed by atoms with Crippen LogP contribution in [-0.4, -0.2) is 17.0 Å². The highest BCUT2D eigenvalue weighted by Crippen LogP contribution is 2.37. The Morgan fingerprint density at radius 1 is 1.00 bits per heavy atom. The molecular formula is C21H21F2N. The van der Waals surface area contributed by atoms with Crippen LogP contribution in [-0.2, 0) is 13.0 Å². The normalized spacial score (nSPS) is 23.3. The van der Waals surface area contributed by atoms with Gasteiger partial charge in [0.2, 0.25) is 0 Å². The van der Waals surface area contributed by atoms with Crippen LogP contribution in [0.2, 0.25) is 0 Å². The summed E-state index contributed by atoms with van der Waals surface area (Å²) in [5.74, 6) is -0.946. The SMILES string of the molecule is Fc1ccc(CC2=CC3CCC(C2)N3Cc2ccccc2)c(F)c1. The number of benzene rings is 2. The Hall–Kier alpha value is -2.00. The lowest BCUT2D eigenvalue weighted by molar-refractivity contribution is 0.194. The monoisotopic (exact) mass is 325 g/mol. The molecule has 2 aromatic carbocycles. The second kappa shape index (κ2) is 6.48. The maximum Gasteiger partial charge on any atom is 0.129 e. The summed E-state index contributed by atoms with van der Waals surface area (Å²) in [5, 5.41) is 0. The van der Waals surface area contributed by atoms with Gasteiger partial charge < -0.3 is 0 Å². The van der Waals surface area contributed by atoms with Crippen molar-refractivity contribution in [3.63, 3.8) is 0 Å². The average molecular weight is 325 g/mol. The van der Waals surface area contributed by atoms with Crippen LogP contribution in [0, 0.1) is 11.6 Å². The zero-order chi connectivity index (χ0) is 16.5. The van der Waals surface area contributed by atoms with Crippen LogP contribution in [0.15, 0.2) is 60.2 Å². The second-order valence-electron chi connectivity index (χ2n) is 6.90. The fraction of sp³-hybridized carbons (Fsp3) is 0.333. The Kier molecular flexibility index (Phi) is 4.19. The fourth-order valence-electron chi connectivity index (χ4n) is 4.09. The lowest BCUT2D eigenvalue weighted by Crippen LogP contribution is -2.38. The van der Waals surface area contributed by atoms with Gasteiger partial charge in [0, 0.05) is 24.7 Å². The molecule has 0 radical (unpaired) electrons. The van der Waals surface area contributed by atoms with E-state index in [1.54, 1.807) is 6.07 Å². The van der Waals surface area contributed by atoms with E-state index in [0.29, 0.717) is 24.1 Å². The van der Waals surface area contributed by atoms with Gasteiger partial charge >= 0.3 is 0 Å². The number of hydrogen-bond donors (Lipinski definition) is 0. The third-order valence-corrected chi connectivity index (χ3v) is 5.26. The van der Waals surface area contributed by atoms with Crippen LogP contribution in [0.1, 0.15) is 30.4 Å². The summed E-state index contributed by atoms with van der Waals surface area (Å²) in [5.41, 5.74) is 3.23. The summed E-state index contributed by atoms with van der Waals surface area (Å²) >= 11 is 0. The van der Waals surface area contributed by atoms with Crippen molar-refractivity contribution in [3.8, 4) is 0 Å². The number of halogens is 2. The highest BCUT2D eigenvalue weighted by Gasteiger charge is 2.36. The van der Waals surface area contributed by atoms with Gasteiger partial charge in [-0.1, -0.05) is 48.0 Å². The van der Waals surface area contributed by atoms with Crippen molar-refractivity contribution in [1.29, 1.82) is 0 Å². The molecule has 0 aliphatic carbocycles. The molecule has 0 saturated carbocycles. The Labute approximate surface area is 141 Å². The molecule has 1 nitrogen and oxygen atoms in total. The highest BCUT2D eigenvalue weighted by atomic mass is 19.1. The lowest BCUT2D eigenvalue weighted by Gasteiger charge is -2.34. The molecule has 2 aromatic rings. The first-order valence-electron chi connectivity index (χ1n) is 8.62. The molecule has 2 aliphatic heterocycles. The zero-order valence-corrected chi connectivity index (χ0v) is 13.6. The minimum atomic E-state index is -0.511. The lowest BCUT2D eigenvalue weighted by atomic mass is 9.94. The summed E-state index contributed by atoms with van der Waals surface area (Å²) in [7, 11) is 0. The maximum atomic E-state index is 13.9. The molecule has 2 heterocycles. The molecule has 2 bridgehead atoms. The number of fused-ring (bicyclic) bond motifs is 2. The van der Waals surface area contributed by atoms with E-state index in [4.69, 9.17) is 0 Å². The summed E-state index contributed by atoms with van der Waals surface area (Å²) in [6, 6.07) is 15.4. The molecule has 124 valence electrons. The molecule has 1 saturated heterocycles. The summed E-state index contributed by atoms with van der Waals surface area (Å²) in [6.45, 7) is 0.977. The van der Waals surface area contributed by atoms with E-state index in [9.17, 15) is 8.78 Å². The van der Waals surface area contributed by atoms with Crippen molar-refractivity contribution >= 4 is 0 Å². The molecule has 0 spiro atoms. The first-order valence-corrected chi connectivity index (χ1v) is 8.62. The van der Waals surface area contributed by atoms with E-state index < -0.39 is 11.6 Å². The van der Waals surface area contributed by atoms with Gasteiger partial charge in [0.25, 0.3) is 0 Å². The van der Waals surface area contributed by atoms with Gasteiger partial charge in [-0.3, -0.25) is 4.90 Å². The Morgan fingerprint density at radius 2 is 1.83 bits per heavy atom. The smallest absolute Gasteiger partial charge is 0.129 e. The molecule has 4 rings (SSSR count). The third kappa shape index (κ3) is 3.13. The van der Waals surface area contributed by atoms with Gasteiger partial charge in [0.15, 0.2) is 0 Å². The number of nitrogens with zero attached hydrogens (tertiary/aromatic N) is 1. The predicted molar refractivity (Wildman–Crippen MR) is 91.6 cm³/mol. The van der Waals surface area contributed by atoms with Crippen molar-refractivity contribution in [1.82, 2.24) is 4.90 Å². The first kappa shape index (κ1) is 15.5. The Morgan fingerprint density at radius 3 is 2.58 bits per heavy atom. The van der Waals surface area contributed by atoms with Crippen LogP contribution in [0.3, 0.4) is 0 Å². The molecule has 1 fully saturated rings. The molecule has 0 aromatic heterocycles. The van der Waals surface area contributed by atoms with Gasteiger partial charge in [-0.2, -0.15) is 0 Å². The average Bonchev–Trinajstić information content (AvgIpc) is 2.81. The van der Waals surface area contributed by atoms with E-state index >= 15 is 0 Å². The third-order valence-electron chi connectivity index (χ3n) is 5.26. The van der Waals surface area contributed by atoms with Gasteiger partial charge in [-0.25, -0.2) is 8.78 Å². The molecule has 2 aliphatic rings. The Bertz CT molecular complexity index is 754. The minimum absolute atomic E-state index is 0.435. The second-order valence-corrected chi connectivity index (χ2v) is 6.90. The Balaban J connectivity index is 1.49. The van der Waals surface area contributed by atoms with Crippen LogP contribution >= 0.6 is 0 Å². The van der Waals surface area contributed by atoms with E-state index in [1.807, 2.05) is 6.07 Å². The van der Waals surface area contributed by atoms with Crippen LogP contribution < -0.4 is 0 Å². The van der Waals surface area contributed by atoms with E-state index in [0.717, 1.165) is 19.0 Å². The van der Waals surface area contributed by atoms with Crippen molar-refractivity contribution in [2.24, 2.45) is 0 Å². The largest absolute Gasteiger partial charge is 0.289 e. The van der Waals surface area contributed by atoms with Crippen molar-refractivity contribution < 1.29 is 8.78 Å². The van der Waals surface area contributed by atoms with Crippen molar-refractivity contribution in [2.45, 2.75) is 44.3 Å². The molecule has 0 amide bonds. The summed E-state index contributed by atoms with van der Waals surface area (Å²) in [6.07, 6.45) is 6.27. The topological polar surface area (TPSA) is 3.24 Å². The van der Waals surface area contributed by atoms with Crippen molar-refractivity contribution in [2.75, 3.05) is 0 Å². The fourth-order valence-corrected chi connectivity index (χ4v) is 4.09. The van der Waals surface area contributed by atoms with E-state index in [1.165, 1.54) is 30.0 Å². The van der Waals surface area contributed by atoms with E-state index in [2.05, 4.69) is 35.2 Å². The molecule has 2 unspecified atom stereocenters. The molecule has 0 N–H and O–H groups in total. The highest BCUT2D eigenvalue weighted by molar-refractivity contribution is 5.28. The minimum Gasteiger partial charge on any atom is -0.289 e.